The van der Waals surface area contributed by atoms with Crippen LogP contribution in [0, 0.1) is 0 Å². The van der Waals surface area contributed by atoms with E-state index in [0.29, 0.717) is 0 Å². The fourth-order valence-electron chi connectivity index (χ4n) is 0.896. The second-order valence-corrected chi connectivity index (χ2v) is 6.33. The highest BCUT2D eigenvalue weighted by Gasteiger charge is 2.31. The summed E-state index contributed by atoms with van der Waals surface area (Å²) >= 11 is -1.52. The Morgan fingerprint density at radius 2 is 2.00 bits per heavy atom. The maximum absolute atomic E-state index is 13.3. The van der Waals surface area contributed by atoms with E-state index in [9.17, 15) is 17.7 Å². The Morgan fingerprint density at radius 1 is 1.44 bits per heavy atom. The predicted octanol–water partition coefficient (Wildman–Crippen LogP) is 2.59. The molecular formula is C10H18F3NOS. The molecule has 0 fully saturated rings. The average molecular weight is 257 g/mol. The third-order valence-corrected chi connectivity index (χ3v) is 3.45. The van der Waals surface area contributed by atoms with Crippen LogP contribution >= 0.6 is 0 Å². The van der Waals surface area contributed by atoms with E-state index in [4.69, 9.17) is 0 Å². The van der Waals surface area contributed by atoms with E-state index in [1.165, 1.54) is 0 Å². The van der Waals surface area contributed by atoms with Crippen molar-refractivity contribution in [3.05, 3.63) is 12.4 Å². The Balaban J connectivity index is 4.44. The summed E-state index contributed by atoms with van der Waals surface area (Å²) in [4.78, 5) is 0. The van der Waals surface area contributed by atoms with Crippen LogP contribution in [-0.2, 0) is 11.4 Å². The van der Waals surface area contributed by atoms with E-state index in [2.05, 4.69) is 4.72 Å². The SMILES string of the molecule is CC(C)(C)[S@+]([O-])NC(C=CF)C(F)CCF. The number of halogens is 3. The molecule has 0 aliphatic carbocycles. The molecule has 0 aliphatic rings. The molecule has 16 heavy (non-hydrogen) atoms. The molecule has 0 amide bonds. The molecule has 2 unspecified atom stereocenters. The molecule has 0 heterocycles. The van der Waals surface area contributed by atoms with Crippen LogP contribution in [0.5, 0.6) is 0 Å². The molecule has 0 saturated carbocycles. The first kappa shape index (κ1) is 15.8. The number of rotatable bonds is 6. The molecule has 2 nitrogen and oxygen atoms in total. The third kappa shape index (κ3) is 5.77. The van der Waals surface area contributed by atoms with Gasteiger partial charge in [0.15, 0.2) is 0 Å². The van der Waals surface area contributed by atoms with E-state index in [0.717, 1.165) is 6.08 Å². The zero-order valence-electron chi connectivity index (χ0n) is 9.67. The van der Waals surface area contributed by atoms with E-state index in [-0.39, 0.29) is 12.8 Å². The predicted molar refractivity (Wildman–Crippen MR) is 60.6 cm³/mol. The van der Waals surface area contributed by atoms with Crippen molar-refractivity contribution in [2.45, 2.75) is 44.2 Å². The second kappa shape index (κ2) is 7.19. The summed E-state index contributed by atoms with van der Waals surface area (Å²) < 4.78 is 50.8. The molecule has 0 aromatic heterocycles. The molecular weight excluding hydrogens is 239 g/mol. The van der Waals surface area contributed by atoms with Gasteiger partial charge in [-0.3, -0.25) is 4.39 Å². The van der Waals surface area contributed by atoms with Crippen LogP contribution in [0.3, 0.4) is 0 Å². The van der Waals surface area contributed by atoms with Gasteiger partial charge in [-0.25, -0.2) is 8.78 Å². The van der Waals surface area contributed by atoms with E-state index in [1.807, 2.05) is 0 Å². The first-order valence-corrected chi connectivity index (χ1v) is 6.13. The summed E-state index contributed by atoms with van der Waals surface area (Å²) in [6.45, 7) is 4.28. The van der Waals surface area contributed by atoms with Crippen LogP contribution in [0.2, 0.25) is 0 Å². The number of hydrogen-bond acceptors (Lipinski definition) is 2. The van der Waals surface area contributed by atoms with Crippen LogP contribution < -0.4 is 4.72 Å². The summed E-state index contributed by atoms with van der Waals surface area (Å²) in [5, 5.41) is 0. The molecule has 0 saturated heterocycles. The quantitative estimate of drug-likeness (QED) is 0.742. The molecule has 6 heteroatoms. The van der Waals surface area contributed by atoms with Crippen molar-refractivity contribution in [2.24, 2.45) is 0 Å². The summed E-state index contributed by atoms with van der Waals surface area (Å²) in [7, 11) is 0. The lowest BCUT2D eigenvalue weighted by Gasteiger charge is -2.27. The van der Waals surface area contributed by atoms with Crippen molar-refractivity contribution in [1.82, 2.24) is 4.72 Å². The van der Waals surface area contributed by atoms with Gasteiger partial charge in [-0.1, -0.05) is 0 Å². The molecule has 0 aromatic carbocycles. The van der Waals surface area contributed by atoms with E-state index >= 15 is 0 Å². The van der Waals surface area contributed by atoms with Crippen molar-refractivity contribution < 1.29 is 17.7 Å². The highest BCUT2D eigenvalue weighted by molar-refractivity contribution is 7.90. The molecule has 0 bridgehead atoms. The van der Waals surface area contributed by atoms with Crippen molar-refractivity contribution >= 4 is 11.4 Å². The first-order valence-electron chi connectivity index (χ1n) is 4.98. The largest absolute Gasteiger partial charge is 0.598 e. The minimum atomic E-state index is -1.59. The van der Waals surface area contributed by atoms with Crippen molar-refractivity contribution in [3.63, 3.8) is 0 Å². The zero-order chi connectivity index (χ0) is 12.8. The van der Waals surface area contributed by atoms with Crippen LogP contribution in [0.4, 0.5) is 13.2 Å². The number of alkyl halides is 2. The molecule has 1 N–H and O–H groups in total. The molecule has 96 valence electrons. The van der Waals surface area contributed by atoms with Crippen LogP contribution in [-0.4, -0.2) is 28.2 Å². The zero-order valence-corrected chi connectivity index (χ0v) is 10.5. The third-order valence-electron chi connectivity index (χ3n) is 1.85. The Kier molecular flexibility index (Phi) is 7.10. The molecule has 0 aromatic rings. The van der Waals surface area contributed by atoms with Gasteiger partial charge in [0.05, 0.1) is 13.0 Å². The van der Waals surface area contributed by atoms with Gasteiger partial charge in [0.25, 0.3) is 0 Å². The van der Waals surface area contributed by atoms with Gasteiger partial charge in [-0.15, -0.1) is 4.72 Å². The number of nitrogens with one attached hydrogen (secondary N) is 1. The lowest BCUT2D eigenvalue weighted by molar-refractivity contribution is 0.253. The highest BCUT2D eigenvalue weighted by Crippen LogP contribution is 2.16. The monoisotopic (exact) mass is 257 g/mol. The first-order chi connectivity index (χ1) is 7.32. The maximum Gasteiger partial charge on any atom is 0.136 e. The second-order valence-electron chi connectivity index (χ2n) is 4.34. The van der Waals surface area contributed by atoms with Gasteiger partial charge < -0.3 is 4.55 Å². The average Bonchev–Trinajstić information content (AvgIpc) is 2.15. The standard InChI is InChI=1S/C10H18F3NOS/c1-10(2,3)16(15)14-9(5-7-12)8(13)4-6-11/h5,7-9,14H,4,6H2,1-3H3/t8?,9?,16-/m0/s1. The van der Waals surface area contributed by atoms with Gasteiger partial charge in [0.1, 0.15) is 17.0 Å². The van der Waals surface area contributed by atoms with Crippen molar-refractivity contribution in [2.75, 3.05) is 6.67 Å². The summed E-state index contributed by atoms with van der Waals surface area (Å²) in [6, 6.07) is -1.07. The van der Waals surface area contributed by atoms with Crippen LogP contribution in [0.15, 0.2) is 12.4 Å². The normalized spacial score (nSPS) is 18.7. The topological polar surface area (TPSA) is 35.1 Å². The van der Waals surface area contributed by atoms with Crippen molar-refractivity contribution in [3.8, 4) is 0 Å². The lowest BCUT2D eigenvalue weighted by atomic mass is 10.1. The Labute approximate surface area is 97.6 Å². The van der Waals surface area contributed by atoms with Gasteiger partial charge in [0, 0.05) is 17.8 Å². The van der Waals surface area contributed by atoms with Crippen molar-refractivity contribution in [1.29, 1.82) is 0 Å². The van der Waals surface area contributed by atoms with Gasteiger partial charge in [-0.05, 0) is 26.8 Å². The van der Waals surface area contributed by atoms with Gasteiger partial charge in [0.2, 0.25) is 0 Å². The summed E-state index contributed by atoms with van der Waals surface area (Å²) in [5.74, 6) is 0. The van der Waals surface area contributed by atoms with Crippen LogP contribution in [0.1, 0.15) is 27.2 Å². The lowest BCUT2D eigenvalue weighted by Crippen LogP contribution is -2.47. The van der Waals surface area contributed by atoms with Crippen LogP contribution in [0.25, 0.3) is 0 Å². The van der Waals surface area contributed by atoms with Gasteiger partial charge >= 0.3 is 0 Å². The highest BCUT2D eigenvalue weighted by atomic mass is 32.2. The molecule has 0 spiro atoms. The maximum atomic E-state index is 13.3. The van der Waals surface area contributed by atoms with E-state index in [1.54, 1.807) is 20.8 Å². The fourth-order valence-corrected chi connectivity index (χ4v) is 1.72. The Morgan fingerprint density at radius 3 is 2.38 bits per heavy atom. The Bertz CT molecular complexity index is 221. The Hall–Kier alpha value is -0.200. The molecule has 3 atom stereocenters. The molecule has 0 radical (unpaired) electrons. The summed E-state index contributed by atoms with van der Waals surface area (Å²) in [5.41, 5.74) is 0. The molecule has 0 rings (SSSR count). The fraction of sp³-hybridized carbons (Fsp3) is 0.800. The molecule has 0 aliphatic heterocycles. The minimum Gasteiger partial charge on any atom is -0.598 e. The van der Waals surface area contributed by atoms with E-state index < -0.39 is 35.0 Å². The summed E-state index contributed by atoms with van der Waals surface area (Å²) in [6.07, 6.45) is -0.862. The van der Waals surface area contributed by atoms with Gasteiger partial charge in [-0.2, -0.15) is 0 Å². The number of hydrogen-bond donors (Lipinski definition) is 1. The minimum absolute atomic E-state index is 0.169. The smallest absolute Gasteiger partial charge is 0.136 e.